The Morgan fingerprint density at radius 2 is 2.00 bits per heavy atom. The molecule has 0 amide bonds. The second kappa shape index (κ2) is 4.71. The molecule has 1 aromatic rings. The molecule has 1 unspecified atom stereocenters. The van der Waals surface area contributed by atoms with Crippen molar-refractivity contribution in [2.24, 2.45) is 5.92 Å². The van der Waals surface area contributed by atoms with Crippen LogP contribution in [0.25, 0.3) is 0 Å². The summed E-state index contributed by atoms with van der Waals surface area (Å²) in [5, 5.41) is 0.991. The highest BCUT2D eigenvalue weighted by molar-refractivity contribution is 7.50. The minimum atomic E-state index is -2.32. The van der Waals surface area contributed by atoms with Crippen molar-refractivity contribution < 1.29 is 9.47 Å². The maximum atomic E-state index is 6.23. The third-order valence-electron chi connectivity index (χ3n) is 3.44. The topological polar surface area (TPSA) is 18.5 Å². The molecule has 0 radical (unpaired) electrons. The summed E-state index contributed by atoms with van der Waals surface area (Å²) in [5.41, 5.74) is 1.02. The van der Waals surface area contributed by atoms with E-state index < -0.39 is 12.5 Å². The molecule has 0 aliphatic carbocycles. The van der Waals surface area contributed by atoms with Gasteiger partial charge in [-0.05, 0) is 17.8 Å². The number of hydrogen-bond acceptors (Lipinski definition) is 2. The SMILES string of the molecule is CC(C)C1(C)OCc2cc([Si](C)(Cl)Cl)ccc2O1. The summed E-state index contributed by atoms with van der Waals surface area (Å²) in [5.74, 6) is 0.593. The zero-order chi connectivity index (χ0) is 13.6. The van der Waals surface area contributed by atoms with Gasteiger partial charge >= 0.3 is 0 Å². The number of rotatable bonds is 2. The van der Waals surface area contributed by atoms with Crippen LogP contribution in [0.3, 0.4) is 0 Å². The highest BCUT2D eigenvalue weighted by Crippen LogP contribution is 2.35. The van der Waals surface area contributed by atoms with E-state index in [0.29, 0.717) is 6.61 Å². The van der Waals surface area contributed by atoms with E-state index in [1.54, 1.807) is 0 Å². The summed E-state index contributed by atoms with van der Waals surface area (Å²) in [6.45, 7) is 6.25. The Morgan fingerprint density at radius 3 is 2.56 bits per heavy atom. The van der Waals surface area contributed by atoms with Crippen LogP contribution in [-0.2, 0) is 11.3 Å². The molecule has 1 aromatic carbocycles. The maximum Gasteiger partial charge on any atom is 0.277 e. The van der Waals surface area contributed by atoms with Crippen molar-refractivity contribution in [1.29, 1.82) is 0 Å². The van der Waals surface area contributed by atoms with Gasteiger partial charge in [0.25, 0.3) is 6.69 Å². The van der Waals surface area contributed by atoms with Crippen LogP contribution in [-0.4, -0.2) is 12.5 Å². The van der Waals surface area contributed by atoms with Crippen LogP contribution in [0, 0.1) is 5.92 Å². The molecule has 0 spiro atoms. The number of halogens is 2. The van der Waals surface area contributed by atoms with Crippen molar-refractivity contribution in [2.75, 3.05) is 0 Å². The zero-order valence-electron chi connectivity index (χ0n) is 11.1. The molecule has 1 aliphatic rings. The van der Waals surface area contributed by atoms with Gasteiger partial charge in [0, 0.05) is 18.4 Å². The van der Waals surface area contributed by atoms with Crippen molar-refractivity contribution in [2.45, 2.75) is 39.7 Å². The van der Waals surface area contributed by atoms with Crippen molar-refractivity contribution in [3.8, 4) is 5.75 Å². The number of fused-ring (bicyclic) bond motifs is 1. The molecule has 0 N–H and O–H groups in total. The minimum absolute atomic E-state index is 0.283. The summed E-state index contributed by atoms with van der Waals surface area (Å²) in [4.78, 5) is 0. The fourth-order valence-corrected chi connectivity index (χ4v) is 3.33. The molecule has 2 rings (SSSR count). The molecule has 1 heterocycles. The average molecular weight is 305 g/mol. The third kappa shape index (κ3) is 2.69. The van der Waals surface area contributed by atoms with E-state index in [9.17, 15) is 0 Å². The number of ether oxygens (including phenoxy) is 2. The third-order valence-corrected chi connectivity index (χ3v) is 6.08. The molecule has 100 valence electrons. The van der Waals surface area contributed by atoms with Gasteiger partial charge in [-0.2, -0.15) is 0 Å². The summed E-state index contributed by atoms with van der Waals surface area (Å²) in [6, 6.07) is 5.91. The van der Waals surface area contributed by atoms with Crippen molar-refractivity contribution in [1.82, 2.24) is 0 Å². The van der Waals surface area contributed by atoms with Crippen LogP contribution in [0.2, 0.25) is 6.55 Å². The first-order valence-corrected chi connectivity index (χ1v) is 10.6. The monoisotopic (exact) mass is 304 g/mol. The highest BCUT2D eigenvalue weighted by atomic mass is 35.7. The Balaban J connectivity index is 2.32. The quantitative estimate of drug-likeness (QED) is 0.612. The zero-order valence-corrected chi connectivity index (χ0v) is 13.6. The van der Waals surface area contributed by atoms with Gasteiger partial charge in [-0.15, -0.1) is 22.2 Å². The molecule has 2 nitrogen and oxygen atoms in total. The first-order chi connectivity index (χ1) is 8.22. The van der Waals surface area contributed by atoms with Crippen molar-refractivity contribution in [3.05, 3.63) is 23.8 Å². The van der Waals surface area contributed by atoms with Crippen LogP contribution in [0.4, 0.5) is 0 Å². The Bertz CT molecular complexity index is 457. The standard InChI is InChI=1S/C13H18Cl2O2Si/c1-9(2)13(3)16-8-10-7-11(18(4,14)15)5-6-12(10)17-13/h5-7,9H,8H2,1-4H3. The fourth-order valence-electron chi connectivity index (χ4n) is 1.82. The Labute approximate surface area is 119 Å². The van der Waals surface area contributed by atoms with Gasteiger partial charge in [0.2, 0.25) is 5.79 Å². The number of hydrogen-bond donors (Lipinski definition) is 0. The maximum absolute atomic E-state index is 6.23. The Morgan fingerprint density at radius 1 is 1.33 bits per heavy atom. The molecule has 0 aromatic heterocycles. The van der Waals surface area contributed by atoms with E-state index in [2.05, 4.69) is 13.8 Å². The molecule has 1 aliphatic heterocycles. The second-order valence-electron chi connectivity index (χ2n) is 5.27. The number of benzene rings is 1. The van der Waals surface area contributed by atoms with Crippen LogP contribution in [0.5, 0.6) is 5.75 Å². The van der Waals surface area contributed by atoms with Gasteiger partial charge in [0.15, 0.2) is 0 Å². The van der Waals surface area contributed by atoms with E-state index in [0.717, 1.165) is 16.5 Å². The van der Waals surface area contributed by atoms with E-state index >= 15 is 0 Å². The lowest BCUT2D eigenvalue weighted by molar-refractivity contribution is -0.219. The summed E-state index contributed by atoms with van der Waals surface area (Å²) < 4.78 is 11.8. The highest BCUT2D eigenvalue weighted by Gasteiger charge is 2.36. The van der Waals surface area contributed by atoms with Crippen molar-refractivity contribution in [3.63, 3.8) is 0 Å². The van der Waals surface area contributed by atoms with E-state index in [1.165, 1.54) is 0 Å². The molecular weight excluding hydrogens is 287 g/mol. The van der Waals surface area contributed by atoms with Crippen molar-refractivity contribution >= 4 is 34.0 Å². The Kier molecular flexibility index (Phi) is 3.71. The normalized spacial score (nSPS) is 23.7. The van der Waals surface area contributed by atoms with Gasteiger partial charge in [-0.3, -0.25) is 0 Å². The molecule has 0 fully saturated rings. The lowest BCUT2D eigenvalue weighted by Gasteiger charge is -2.38. The summed E-state index contributed by atoms with van der Waals surface area (Å²) in [6.07, 6.45) is 0. The first-order valence-electron chi connectivity index (χ1n) is 6.06. The first kappa shape index (κ1) is 14.2. The smallest absolute Gasteiger partial charge is 0.277 e. The van der Waals surface area contributed by atoms with Gasteiger partial charge in [0.05, 0.1) is 6.61 Å². The van der Waals surface area contributed by atoms with E-state index in [4.69, 9.17) is 31.6 Å². The van der Waals surface area contributed by atoms with Gasteiger partial charge < -0.3 is 9.47 Å². The second-order valence-corrected chi connectivity index (χ2v) is 12.7. The van der Waals surface area contributed by atoms with Crippen LogP contribution in [0.1, 0.15) is 26.3 Å². The molecule has 18 heavy (non-hydrogen) atoms. The molecular formula is C13H18Cl2O2Si. The largest absolute Gasteiger partial charge is 0.462 e. The molecule has 5 heteroatoms. The summed E-state index contributed by atoms with van der Waals surface area (Å²) >= 11 is 12.5. The average Bonchev–Trinajstić information content (AvgIpc) is 2.26. The lowest BCUT2D eigenvalue weighted by atomic mass is 10.0. The van der Waals surface area contributed by atoms with Gasteiger partial charge in [0.1, 0.15) is 5.75 Å². The molecule has 0 saturated heterocycles. The van der Waals surface area contributed by atoms with E-state index in [-0.39, 0.29) is 5.92 Å². The predicted molar refractivity (Wildman–Crippen MR) is 78.1 cm³/mol. The Hall–Kier alpha value is -0.223. The fraction of sp³-hybridized carbons (Fsp3) is 0.538. The summed E-state index contributed by atoms with van der Waals surface area (Å²) in [7, 11) is 0. The lowest BCUT2D eigenvalue weighted by Crippen LogP contribution is -2.44. The van der Waals surface area contributed by atoms with Crippen LogP contribution >= 0.6 is 22.2 Å². The van der Waals surface area contributed by atoms with Gasteiger partial charge in [-0.1, -0.05) is 26.0 Å². The molecule has 0 saturated carbocycles. The van der Waals surface area contributed by atoms with Gasteiger partial charge in [-0.25, -0.2) is 0 Å². The minimum Gasteiger partial charge on any atom is -0.462 e. The van der Waals surface area contributed by atoms with Crippen LogP contribution < -0.4 is 9.92 Å². The molecule has 0 bridgehead atoms. The molecule has 1 atom stereocenters. The van der Waals surface area contributed by atoms with E-state index in [1.807, 2.05) is 31.7 Å². The van der Waals surface area contributed by atoms with Crippen LogP contribution in [0.15, 0.2) is 18.2 Å². The predicted octanol–water partition coefficient (Wildman–Crippen LogP) is 3.72.